The molecular formula is C15H22ClNO3. The molecule has 0 spiro atoms. The highest BCUT2D eigenvalue weighted by molar-refractivity contribution is 6.30. The van der Waals surface area contributed by atoms with Crippen LogP contribution in [0.3, 0.4) is 0 Å². The number of carbonyl (C=O) groups is 1. The van der Waals surface area contributed by atoms with Gasteiger partial charge in [-0.15, -0.1) is 0 Å². The molecule has 20 heavy (non-hydrogen) atoms. The molecule has 0 saturated carbocycles. The lowest BCUT2D eigenvalue weighted by Gasteiger charge is -2.15. The van der Waals surface area contributed by atoms with Crippen molar-refractivity contribution < 1.29 is 14.3 Å². The number of halogens is 1. The first kappa shape index (κ1) is 16.8. The van der Waals surface area contributed by atoms with Crippen LogP contribution in [0, 0.1) is 0 Å². The van der Waals surface area contributed by atoms with Gasteiger partial charge in [-0.05, 0) is 45.4 Å². The molecule has 0 unspecified atom stereocenters. The summed E-state index contributed by atoms with van der Waals surface area (Å²) in [6.45, 7) is 6.90. The molecule has 0 fully saturated rings. The SMILES string of the molecule is CC(C)OCCCNC(=O)[C@H](C)Oc1cccc(Cl)c1. The Bertz CT molecular complexity index is 423. The van der Waals surface area contributed by atoms with Gasteiger partial charge < -0.3 is 14.8 Å². The number of carbonyl (C=O) groups excluding carboxylic acids is 1. The first-order valence-corrected chi connectivity index (χ1v) is 7.18. The van der Waals surface area contributed by atoms with Gasteiger partial charge in [0.2, 0.25) is 0 Å². The molecule has 4 nitrogen and oxygen atoms in total. The van der Waals surface area contributed by atoms with Gasteiger partial charge in [0.15, 0.2) is 6.10 Å². The summed E-state index contributed by atoms with van der Waals surface area (Å²) in [5, 5.41) is 3.40. The van der Waals surface area contributed by atoms with Gasteiger partial charge in [-0.3, -0.25) is 4.79 Å². The van der Waals surface area contributed by atoms with E-state index in [1.54, 1.807) is 31.2 Å². The summed E-state index contributed by atoms with van der Waals surface area (Å²) in [4.78, 5) is 11.8. The van der Waals surface area contributed by atoms with Crippen molar-refractivity contribution in [1.82, 2.24) is 5.32 Å². The average Bonchev–Trinajstić information content (AvgIpc) is 2.37. The summed E-state index contributed by atoms with van der Waals surface area (Å²) < 4.78 is 10.9. The standard InChI is InChI=1S/C15H22ClNO3/c1-11(2)19-9-5-8-17-15(18)12(3)20-14-7-4-6-13(16)10-14/h4,6-7,10-12H,5,8-9H2,1-3H3,(H,17,18)/t12-/m0/s1. The Kier molecular flexibility index (Phi) is 7.41. The van der Waals surface area contributed by atoms with Crippen molar-refractivity contribution in [1.29, 1.82) is 0 Å². The lowest BCUT2D eigenvalue weighted by atomic mass is 10.3. The van der Waals surface area contributed by atoms with Crippen molar-refractivity contribution in [3.8, 4) is 5.75 Å². The van der Waals surface area contributed by atoms with Gasteiger partial charge in [0.1, 0.15) is 5.75 Å². The van der Waals surface area contributed by atoms with Crippen LogP contribution < -0.4 is 10.1 Å². The highest BCUT2D eigenvalue weighted by atomic mass is 35.5. The summed E-state index contributed by atoms with van der Waals surface area (Å²) in [6.07, 6.45) is 0.448. The molecular weight excluding hydrogens is 278 g/mol. The third-order valence-electron chi connectivity index (χ3n) is 2.55. The van der Waals surface area contributed by atoms with E-state index in [0.29, 0.717) is 23.9 Å². The van der Waals surface area contributed by atoms with Crippen LogP contribution in [0.4, 0.5) is 0 Å². The summed E-state index contributed by atoms with van der Waals surface area (Å²) in [6, 6.07) is 6.99. The smallest absolute Gasteiger partial charge is 0.260 e. The number of benzene rings is 1. The lowest BCUT2D eigenvalue weighted by Crippen LogP contribution is -2.37. The first-order valence-electron chi connectivity index (χ1n) is 6.80. The minimum atomic E-state index is -0.556. The van der Waals surface area contributed by atoms with E-state index in [-0.39, 0.29) is 12.0 Å². The zero-order valence-electron chi connectivity index (χ0n) is 12.2. The molecule has 5 heteroatoms. The van der Waals surface area contributed by atoms with E-state index in [0.717, 1.165) is 6.42 Å². The normalized spacial score (nSPS) is 12.2. The summed E-state index contributed by atoms with van der Waals surface area (Å²) in [5.41, 5.74) is 0. The number of rotatable bonds is 8. The van der Waals surface area contributed by atoms with Crippen molar-refractivity contribution in [2.75, 3.05) is 13.2 Å². The lowest BCUT2D eigenvalue weighted by molar-refractivity contribution is -0.127. The van der Waals surface area contributed by atoms with Crippen molar-refractivity contribution in [2.45, 2.75) is 39.4 Å². The van der Waals surface area contributed by atoms with Crippen LogP contribution in [0.15, 0.2) is 24.3 Å². The summed E-state index contributed by atoms with van der Waals surface area (Å²) in [7, 11) is 0. The number of ether oxygens (including phenoxy) is 2. The van der Waals surface area contributed by atoms with E-state index < -0.39 is 6.10 Å². The molecule has 1 aromatic rings. The van der Waals surface area contributed by atoms with E-state index in [2.05, 4.69) is 5.32 Å². The molecule has 0 radical (unpaired) electrons. The van der Waals surface area contributed by atoms with Crippen LogP contribution in [0.5, 0.6) is 5.75 Å². The average molecular weight is 300 g/mol. The third-order valence-corrected chi connectivity index (χ3v) is 2.78. The van der Waals surface area contributed by atoms with E-state index >= 15 is 0 Å². The monoisotopic (exact) mass is 299 g/mol. The predicted molar refractivity (Wildman–Crippen MR) is 80.3 cm³/mol. The molecule has 0 bridgehead atoms. The first-order chi connectivity index (χ1) is 9.49. The Hall–Kier alpha value is -1.26. The van der Waals surface area contributed by atoms with E-state index in [1.807, 2.05) is 13.8 Å². The van der Waals surface area contributed by atoms with Gasteiger partial charge in [-0.25, -0.2) is 0 Å². The van der Waals surface area contributed by atoms with E-state index in [1.165, 1.54) is 0 Å². The number of hydrogen-bond donors (Lipinski definition) is 1. The van der Waals surface area contributed by atoms with Crippen molar-refractivity contribution in [3.63, 3.8) is 0 Å². The molecule has 1 atom stereocenters. The predicted octanol–water partition coefficient (Wildman–Crippen LogP) is 3.04. The quantitative estimate of drug-likeness (QED) is 0.751. The highest BCUT2D eigenvalue weighted by Crippen LogP contribution is 2.18. The zero-order valence-corrected chi connectivity index (χ0v) is 12.9. The zero-order chi connectivity index (χ0) is 15.0. The van der Waals surface area contributed by atoms with Gasteiger partial charge in [0.05, 0.1) is 6.10 Å². The van der Waals surface area contributed by atoms with Gasteiger partial charge in [-0.1, -0.05) is 17.7 Å². The molecule has 0 saturated heterocycles. The number of nitrogens with one attached hydrogen (secondary N) is 1. The highest BCUT2D eigenvalue weighted by Gasteiger charge is 2.13. The molecule has 0 aliphatic rings. The maximum absolute atomic E-state index is 11.8. The fourth-order valence-electron chi connectivity index (χ4n) is 1.54. The minimum Gasteiger partial charge on any atom is -0.481 e. The van der Waals surface area contributed by atoms with E-state index in [9.17, 15) is 4.79 Å². The Morgan fingerprint density at radius 2 is 2.10 bits per heavy atom. The fraction of sp³-hybridized carbons (Fsp3) is 0.533. The minimum absolute atomic E-state index is 0.144. The topological polar surface area (TPSA) is 47.6 Å². The maximum atomic E-state index is 11.8. The van der Waals surface area contributed by atoms with Crippen molar-refractivity contribution in [3.05, 3.63) is 29.3 Å². The van der Waals surface area contributed by atoms with Crippen LogP contribution in [0.2, 0.25) is 5.02 Å². The molecule has 1 aromatic carbocycles. The molecule has 0 aliphatic heterocycles. The molecule has 0 aromatic heterocycles. The number of amides is 1. The Balaban J connectivity index is 2.25. The Morgan fingerprint density at radius 1 is 1.35 bits per heavy atom. The van der Waals surface area contributed by atoms with Crippen LogP contribution in [-0.2, 0) is 9.53 Å². The number of hydrogen-bond acceptors (Lipinski definition) is 3. The maximum Gasteiger partial charge on any atom is 0.260 e. The third kappa shape index (κ3) is 6.78. The summed E-state index contributed by atoms with van der Waals surface area (Å²) in [5.74, 6) is 0.442. The van der Waals surface area contributed by atoms with Gasteiger partial charge in [-0.2, -0.15) is 0 Å². The molecule has 1 amide bonds. The molecule has 112 valence electrons. The molecule has 0 heterocycles. The van der Waals surface area contributed by atoms with Crippen LogP contribution in [0.1, 0.15) is 27.2 Å². The van der Waals surface area contributed by atoms with Crippen LogP contribution in [-0.4, -0.2) is 31.3 Å². The second-order valence-electron chi connectivity index (χ2n) is 4.78. The van der Waals surface area contributed by atoms with Gasteiger partial charge in [0, 0.05) is 18.2 Å². The van der Waals surface area contributed by atoms with Crippen molar-refractivity contribution >= 4 is 17.5 Å². The van der Waals surface area contributed by atoms with Crippen LogP contribution >= 0.6 is 11.6 Å². The summed E-state index contributed by atoms with van der Waals surface area (Å²) >= 11 is 5.86. The van der Waals surface area contributed by atoms with Gasteiger partial charge in [0.25, 0.3) is 5.91 Å². The Labute approximate surface area is 125 Å². The second-order valence-corrected chi connectivity index (χ2v) is 5.22. The van der Waals surface area contributed by atoms with Crippen LogP contribution in [0.25, 0.3) is 0 Å². The largest absolute Gasteiger partial charge is 0.481 e. The molecule has 1 rings (SSSR count). The van der Waals surface area contributed by atoms with Gasteiger partial charge >= 0.3 is 0 Å². The second kappa shape index (κ2) is 8.82. The Morgan fingerprint density at radius 3 is 2.75 bits per heavy atom. The molecule has 1 N–H and O–H groups in total. The van der Waals surface area contributed by atoms with E-state index in [4.69, 9.17) is 21.1 Å². The van der Waals surface area contributed by atoms with Crippen molar-refractivity contribution in [2.24, 2.45) is 0 Å². The fourth-order valence-corrected chi connectivity index (χ4v) is 1.72. The molecule has 0 aliphatic carbocycles.